The Morgan fingerprint density at radius 1 is 1.17 bits per heavy atom. The van der Waals surface area contributed by atoms with Crippen molar-refractivity contribution in [2.24, 2.45) is 12.8 Å². The highest BCUT2D eigenvalue weighted by atomic mass is 32.1. The molecule has 2 aliphatic rings. The largest absolute Gasteiger partial charge is 0.365 e. The summed E-state index contributed by atoms with van der Waals surface area (Å²) >= 11 is 2.90. The Morgan fingerprint density at radius 3 is 2.71 bits per heavy atom. The number of nitrogens with one attached hydrogen (secondary N) is 1. The summed E-state index contributed by atoms with van der Waals surface area (Å²) in [5, 5.41) is 11.9. The normalized spacial score (nSPS) is 17.0. The van der Waals surface area contributed by atoms with Crippen molar-refractivity contribution in [1.29, 1.82) is 0 Å². The highest BCUT2D eigenvalue weighted by Gasteiger charge is 2.50. The molecule has 2 fully saturated rings. The average Bonchev–Trinajstić information content (AvgIpc) is 3.28. The van der Waals surface area contributed by atoms with E-state index in [4.69, 9.17) is 5.73 Å². The van der Waals surface area contributed by atoms with Crippen LogP contribution in [0.25, 0.3) is 25.8 Å². The van der Waals surface area contributed by atoms with Gasteiger partial charge in [0.2, 0.25) is 0 Å². The number of nitrogens with zero attached hydrogens (tertiary/aromatic N) is 5. The zero-order chi connectivity index (χ0) is 24.3. The second-order valence-corrected chi connectivity index (χ2v) is 11.6. The standard InChI is InChI=1S/C24H27N7O2S2/c1-14-10-17(22(33)26-7-9-30-8-3-4-24(30)5-6-24)34-19(14)18-20(15-11-27-29(2)13-15)35-23-16(21(25)32)12-28-31(18)23/h10-13H,3-9H2,1-2H3,(H2,25,32)(H,26,33). The van der Waals surface area contributed by atoms with Crippen LogP contribution in [0.4, 0.5) is 0 Å². The van der Waals surface area contributed by atoms with E-state index in [-0.39, 0.29) is 5.91 Å². The van der Waals surface area contributed by atoms with E-state index in [0.29, 0.717) is 27.4 Å². The van der Waals surface area contributed by atoms with Crippen LogP contribution in [-0.2, 0) is 7.05 Å². The Kier molecular flexibility index (Phi) is 5.31. The molecule has 0 radical (unpaired) electrons. The number of carbonyl (C=O) groups excluding carboxylic acids is 2. The number of carbonyl (C=O) groups is 2. The Bertz CT molecular complexity index is 1460. The maximum atomic E-state index is 13.0. The minimum atomic E-state index is -0.514. The van der Waals surface area contributed by atoms with Crippen molar-refractivity contribution in [3.05, 3.63) is 40.7 Å². The van der Waals surface area contributed by atoms with Crippen molar-refractivity contribution in [2.75, 3.05) is 19.6 Å². The van der Waals surface area contributed by atoms with Gasteiger partial charge in [-0.05, 0) is 50.8 Å². The van der Waals surface area contributed by atoms with Gasteiger partial charge in [0.15, 0.2) is 0 Å². The molecular formula is C24H27N7O2S2. The minimum absolute atomic E-state index is 0.0546. The third-order valence-corrected chi connectivity index (χ3v) is 9.64. The molecule has 3 N–H and O–H groups in total. The molecule has 5 heterocycles. The van der Waals surface area contributed by atoms with Crippen molar-refractivity contribution in [2.45, 2.75) is 38.1 Å². The molecule has 2 amide bonds. The molecule has 9 nitrogen and oxygen atoms in total. The van der Waals surface area contributed by atoms with E-state index in [0.717, 1.165) is 39.7 Å². The molecular weight excluding hydrogens is 482 g/mol. The van der Waals surface area contributed by atoms with Gasteiger partial charge in [-0.2, -0.15) is 10.2 Å². The zero-order valence-electron chi connectivity index (χ0n) is 19.7. The van der Waals surface area contributed by atoms with Crippen molar-refractivity contribution < 1.29 is 9.59 Å². The molecule has 182 valence electrons. The average molecular weight is 510 g/mol. The Balaban J connectivity index is 1.30. The van der Waals surface area contributed by atoms with Crippen molar-refractivity contribution in [3.8, 4) is 21.0 Å². The summed E-state index contributed by atoms with van der Waals surface area (Å²) in [6.45, 7) is 4.69. The molecule has 1 aliphatic carbocycles. The molecule has 0 unspecified atom stereocenters. The molecule has 1 aliphatic heterocycles. The zero-order valence-corrected chi connectivity index (χ0v) is 21.3. The first kappa shape index (κ1) is 22.4. The van der Waals surface area contributed by atoms with E-state index in [1.807, 2.05) is 26.2 Å². The molecule has 35 heavy (non-hydrogen) atoms. The number of thiophene rings is 1. The van der Waals surface area contributed by atoms with E-state index >= 15 is 0 Å². The van der Waals surface area contributed by atoms with E-state index in [1.54, 1.807) is 15.4 Å². The van der Waals surface area contributed by atoms with Crippen molar-refractivity contribution >= 4 is 39.3 Å². The predicted molar refractivity (Wildman–Crippen MR) is 137 cm³/mol. The number of rotatable bonds is 7. The highest BCUT2D eigenvalue weighted by molar-refractivity contribution is 7.22. The van der Waals surface area contributed by atoms with Crippen LogP contribution in [0.2, 0.25) is 0 Å². The van der Waals surface area contributed by atoms with Gasteiger partial charge in [-0.15, -0.1) is 22.7 Å². The number of hydrogen-bond donors (Lipinski definition) is 2. The fourth-order valence-corrected chi connectivity index (χ4v) is 7.59. The lowest BCUT2D eigenvalue weighted by atomic mass is 10.1. The molecule has 4 aromatic heterocycles. The lowest BCUT2D eigenvalue weighted by Gasteiger charge is -2.23. The maximum absolute atomic E-state index is 13.0. The van der Waals surface area contributed by atoms with Gasteiger partial charge in [0.1, 0.15) is 10.5 Å². The number of aryl methyl sites for hydroxylation is 2. The smallest absolute Gasteiger partial charge is 0.261 e. The number of thiazole rings is 1. The third kappa shape index (κ3) is 3.78. The van der Waals surface area contributed by atoms with Gasteiger partial charge in [0.05, 0.1) is 32.6 Å². The molecule has 1 saturated heterocycles. The Hall–Kier alpha value is -3.02. The molecule has 11 heteroatoms. The SMILES string of the molecule is Cc1cc(C(=O)NCCN2CCCC23CC3)sc1-c1c(-c2cnn(C)c2)sc2c(C(N)=O)cnn12. The van der Waals surface area contributed by atoms with Crippen LogP contribution in [0.3, 0.4) is 0 Å². The molecule has 1 saturated carbocycles. The number of aromatic nitrogens is 4. The Labute approximate surface area is 210 Å². The number of primary amides is 1. The molecule has 6 rings (SSSR count). The maximum Gasteiger partial charge on any atom is 0.261 e. The number of hydrogen-bond acceptors (Lipinski definition) is 7. The second-order valence-electron chi connectivity index (χ2n) is 9.52. The van der Waals surface area contributed by atoms with Gasteiger partial charge in [0.25, 0.3) is 11.8 Å². The van der Waals surface area contributed by atoms with E-state index in [2.05, 4.69) is 20.4 Å². The van der Waals surface area contributed by atoms with Crippen LogP contribution >= 0.6 is 22.7 Å². The first-order chi connectivity index (χ1) is 16.9. The van der Waals surface area contributed by atoms with Crippen LogP contribution in [0.1, 0.15) is 51.3 Å². The van der Waals surface area contributed by atoms with Gasteiger partial charge in [-0.3, -0.25) is 19.2 Å². The van der Waals surface area contributed by atoms with Crippen LogP contribution in [0.15, 0.2) is 24.7 Å². The summed E-state index contributed by atoms with van der Waals surface area (Å²) in [6, 6.07) is 1.93. The topological polar surface area (TPSA) is 111 Å². The monoisotopic (exact) mass is 509 g/mol. The summed E-state index contributed by atoms with van der Waals surface area (Å²) in [6.07, 6.45) is 10.4. The summed E-state index contributed by atoms with van der Waals surface area (Å²) in [4.78, 5) is 30.8. The van der Waals surface area contributed by atoms with Gasteiger partial charge in [-0.25, -0.2) is 4.52 Å². The lowest BCUT2D eigenvalue weighted by Crippen LogP contribution is -2.38. The molecule has 4 aromatic rings. The van der Waals surface area contributed by atoms with Gasteiger partial charge in [0, 0.05) is 37.4 Å². The number of amides is 2. The van der Waals surface area contributed by atoms with Crippen LogP contribution in [0.5, 0.6) is 0 Å². The van der Waals surface area contributed by atoms with Crippen molar-refractivity contribution in [3.63, 3.8) is 0 Å². The molecule has 0 aromatic carbocycles. The second kappa shape index (κ2) is 8.28. The first-order valence-corrected chi connectivity index (χ1v) is 13.4. The lowest BCUT2D eigenvalue weighted by molar-refractivity contribution is 0.0948. The Morgan fingerprint density at radius 2 is 2.00 bits per heavy atom. The quantitative estimate of drug-likeness (QED) is 0.397. The van der Waals surface area contributed by atoms with Crippen LogP contribution in [0, 0.1) is 6.92 Å². The summed E-state index contributed by atoms with van der Waals surface area (Å²) in [5.74, 6) is -0.569. The number of nitrogens with two attached hydrogens (primary N) is 1. The fraction of sp³-hybridized carbons (Fsp3) is 0.417. The van der Waals surface area contributed by atoms with E-state index in [1.165, 1.54) is 54.6 Å². The van der Waals surface area contributed by atoms with E-state index < -0.39 is 5.91 Å². The highest BCUT2D eigenvalue weighted by Crippen LogP contribution is 2.49. The number of fused-ring (bicyclic) bond motifs is 1. The molecule has 0 atom stereocenters. The number of likely N-dealkylation sites (tertiary alicyclic amines) is 1. The molecule has 1 spiro atoms. The van der Waals surface area contributed by atoms with Gasteiger partial charge in [-0.1, -0.05) is 0 Å². The minimum Gasteiger partial charge on any atom is -0.365 e. The molecule has 0 bridgehead atoms. The predicted octanol–water partition coefficient (Wildman–Crippen LogP) is 3.29. The fourth-order valence-electron chi connectivity index (χ4n) is 5.21. The summed E-state index contributed by atoms with van der Waals surface area (Å²) < 4.78 is 3.50. The van der Waals surface area contributed by atoms with E-state index in [9.17, 15) is 9.59 Å². The van der Waals surface area contributed by atoms with Crippen LogP contribution in [-0.4, -0.2) is 61.3 Å². The first-order valence-electron chi connectivity index (χ1n) is 11.8. The summed E-state index contributed by atoms with van der Waals surface area (Å²) in [7, 11) is 1.86. The summed E-state index contributed by atoms with van der Waals surface area (Å²) in [5.41, 5.74) is 9.17. The van der Waals surface area contributed by atoms with Gasteiger partial charge >= 0.3 is 0 Å². The third-order valence-electron chi connectivity index (χ3n) is 7.18. The van der Waals surface area contributed by atoms with Crippen LogP contribution < -0.4 is 11.1 Å². The van der Waals surface area contributed by atoms with Crippen molar-refractivity contribution in [1.82, 2.24) is 29.6 Å². The van der Waals surface area contributed by atoms with Gasteiger partial charge < -0.3 is 11.1 Å².